The van der Waals surface area contributed by atoms with Gasteiger partial charge in [-0.2, -0.15) is 0 Å². The maximum atomic E-state index is 12.5. The van der Waals surface area contributed by atoms with Crippen molar-refractivity contribution < 1.29 is 9.59 Å². The van der Waals surface area contributed by atoms with Crippen molar-refractivity contribution in [1.82, 2.24) is 19.8 Å². The molecule has 2 aromatic heterocycles. The standard InChI is InChI=1S/C18H24N4O3S/c1-12-14-17(20-11-21(2)18(14)25)26-15(12)16(24)19-8-6-10-22-9-5-3-4-7-13(22)23/h11H,3-10H2,1-2H3,(H,19,24). The number of likely N-dealkylation sites (tertiary alicyclic amines) is 1. The molecule has 0 unspecified atom stereocenters. The first kappa shape index (κ1) is 18.6. The zero-order chi connectivity index (χ0) is 18.7. The summed E-state index contributed by atoms with van der Waals surface area (Å²) in [5.41, 5.74) is 0.543. The fourth-order valence-electron chi connectivity index (χ4n) is 3.25. The number of nitrogens with one attached hydrogen (secondary N) is 1. The minimum absolute atomic E-state index is 0.137. The van der Waals surface area contributed by atoms with Gasteiger partial charge in [0.2, 0.25) is 5.91 Å². The smallest absolute Gasteiger partial charge is 0.262 e. The molecule has 26 heavy (non-hydrogen) atoms. The lowest BCUT2D eigenvalue weighted by molar-refractivity contribution is -0.130. The molecule has 1 aliphatic rings. The first-order valence-electron chi connectivity index (χ1n) is 8.99. The van der Waals surface area contributed by atoms with Crippen LogP contribution >= 0.6 is 11.3 Å². The number of aryl methyl sites for hydroxylation is 2. The van der Waals surface area contributed by atoms with Crippen molar-refractivity contribution in [2.45, 2.75) is 39.0 Å². The molecule has 1 fully saturated rings. The molecule has 0 aliphatic carbocycles. The zero-order valence-electron chi connectivity index (χ0n) is 15.2. The van der Waals surface area contributed by atoms with Gasteiger partial charge >= 0.3 is 0 Å². The molecule has 3 heterocycles. The van der Waals surface area contributed by atoms with E-state index in [-0.39, 0.29) is 17.4 Å². The molecule has 140 valence electrons. The van der Waals surface area contributed by atoms with Crippen molar-refractivity contribution in [3.63, 3.8) is 0 Å². The minimum atomic E-state index is -0.185. The van der Waals surface area contributed by atoms with Crippen LogP contribution in [0.15, 0.2) is 11.1 Å². The van der Waals surface area contributed by atoms with Crippen molar-refractivity contribution in [2.75, 3.05) is 19.6 Å². The molecule has 2 aromatic rings. The van der Waals surface area contributed by atoms with E-state index in [1.165, 1.54) is 22.2 Å². The Morgan fingerprint density at radius 3 is 2.92 bits per heavy atom. The summed E-state index contributed by atoms with van der Waals surface area (Å²) in [4.78, 5) is 43.9. The van der Waals surface area contributed by atoms with Gasteiger partial charge in [-0.05, 0) is 31.7 Å². The molecular formula is C18H24N4O3S. The molecular weight excluding hydrogens is 352 g/mol. The predicted octanol–water partition coefficient (Wildman–Crippen LogP) is 1.83. The molecule has 0 bridgehead atoms. The van der Waals surface area contributed by atoms with Crippen LogP contribution in [0.25, 0.3) is 10.2 Å². The summed E-state index contributed by atoms with van der Waals surface area (Å²) in [7, 11) is 1.65. The Balaban J connectivity index is 1.59. The van der Waals surface area contributed by atoms with Crippen molar-refractivity contribution in [1.29, 1.82) is 0 Å². The molecule has 3 rings (SSSR count). The third kappa shape index (κ3) is 3.80. The van der Waals surface area contributed by atoms with E-state index in [0.29, 0.717) is 40.2 Å². The Morgan fingerprint density at radius 2 is 2.12 bits per heavy atom. The summed E-state index contributed by atoms with van der Waals surface area (Å²) >= 11 is 1.24. The lowest BCUT2D eigenvalue weighted by atomic mass is 10.2. The lowest BCUT2D eigenvalue weighted by Gasteiger charge is -2.20. The van der Waals surface area contributed by atoms with Gasteiger partial charge < -0.3 is 14.8 Å². The molecule has 0 saturated carbocycles. The normalized spacial score (nSPS) is 15.3. The number of carbonyl (C=O) groups excluding carboxylic acids is 2. The van der Waals surface area contributed by atoms with Crippen LogP contribution in [0.3, 0.4) is 0 Å². The topological polar surface area (TPSA) is 84.3 Å². The second-order valence-electron chi connectivity index (χ2n) is 6.70. The van der Waals surface area contributed by atoms with E-state index in [9.17, 15) is 14.4 Å². The summed E-state index contributed by atoms with van der Waals surface area (Å²) in [6, 6.07) is 0. The number of aromatic nitrogens is 2. The summed E-state index contributed by atoms with van der Waals surface area (Å²) in [6.45, 7) is 3.78. The molecule has 0 radical (unpaired) electrons. The minimum Gasteiger partial charge on any atom is -0.351 e. The second kappa shape index (κ2) is 7.99. The molecule has 0 aromatic carbocycles. The summed E-state index contributed by atoms with van der Waals surface area (Å²) in [5, 5.41) is 3.42. The predicted molar refractivity (Wildman–Crippen MR) is 102 cm³/mol. The number of amides is 2. The van der Waals surface area contributed by atoms with Crippen LogP contribution in [0.2, 0.25) is 0 Å². The highest BCUT2D eigenvalue weighted by Gasteiger charge is 2.19. The van der Waals surface area contributed by atoms with Crippen LogP contribution in [0.5, 0.6) is 0 Å². The Morgan fingerprint density at radius 1 is 1.31 bits per heavy atom. The number of carbonyl (C=O) groups is 2. The fraction of sp³-hybridized carbons (Fsp3) is 0.556. The largest absolute Gasteiger partial charge is 0.351 e. The molecule has 0 spiro atoms. The third-order valence-corrected chi connectivity index (χ3v) is 5.98. The number of hydrogen-bond donors (Lipinski definition) is 1. The first-order valence-corrected chi connectivity index (χ1v) is 9.81. The van der Waals surface area contributed by atoms with Crippen LogP contribution in [0.4, 0.5) is 0 Å². The Labute approximate surface area is 156 Å². The molecule has 8 heteroatoms. The first-order chi connectivity index (χ1) is 12.5. The maximum Gasteiger partial charge on any atom is 0.262 e. The van der Waals surface area contributed by atoms with E-state index in [1.807, 2.05) is 4.90 Å². The van der Waals surface area contributed by atoms with Crippen LogP contribution in [-0.4, -0.2) is 45.9 Å². The molecule has 1 aliphatic heterocycles. The Hall–Kier alpha value is -2.22. The van der Waals surface area contributed by atoms with Crippen molar-refractivity contribution in [2.24, 2.45) is 7.05 Å². The fourth-order valence-corrected chi connectivity index (χ4v) is 4.31. The van der Waals surface area contributed by atoms with Crippen LogP contribution in [0.1, 0.15) is 47.3 Å². The van der Waals surface area contributed by atoms with Crippen molar-refractivity contribution >= 4 is 33.4 Å². The van der Waals surface area contributed by atoms with Crippen molar-refractivity contribution in [3.05, 3.63) is 27.1 Å². The van der Waals surface area contributed by atoms with Crippen LogP contribution in [0, 0.1) is 6.92 Å². The quantitative estimate of drug-likeness (QED) is 0.807. The number of rotatable bonds is 5. The summed E-state index contributed by atoms with van der Waals surface area (Å²) in [6.07, 6.45) is 5.97. The van der Waals surface area contributed by atoms with Gasteiger partial charge in [0.1, 0.15) is 4.83 Å². The number of thiophene rings is 1. The molecule has 0 atom stereocenters. The van der Waals surface area contributed by atoms with Crippen LogP contribution in [-0.2, 0) is 11.8 Å². The van der Waals surface area contributed by atoms with Crippen LogP contribution < -0.4 is 10.9 Å². The Kier molecular flexibility index (Phi) is 5.70. The van der Waals surface area contributed by atoms with Gasteiger partial charge in [0.05, 0.1) is 16.6 Å². The van der Waals surface area contributed by atoms with E-state index in [0.717, 1.165) is 32.2 Å². The molecule has 7 nitrogen and oxygen atoms in total. The van der Waals surface area contributed by atoms with Gasteiger partial charge in [-0.15, -0.1) is 11.3 Å². The van der Waals surface area contributed by atoms with Gasteiger partial charge in [-0.3, -0.25) is 14.4 Å². The maximum absolute atomic E-state index is 12.5. The lowest BCUT2D eigenvalue weighted by Crippen LogP contribution is -2.33. The molecule has 1 saturated heterocycles. The third-order valence-electron chi connectivity index (χ3n) is 4.78. The van der Waals surface area contributed by atoms with E-state index in [4.69, 9.17) is 0 Å². The summed E-state index contributed by atoms with van der Waals surface area (Å²) in [5.74, 6) is 0.0332. The van der Waals surface area contributed by atoms with Gasteiger partial charge in [0, 0.05) is 33.1 Å². The number of fused-ring (bicyclic) bond motifs is 1. The van der Waals surface area contributed by atoms with Gasteiger partial charge in [-0.1, -0.05) is 6.42 Å². The van der Waals surface area contributed by atoms with Crippen molar-refractivity contribution in [3.8, 4) is 0 Å². The highest BCUT2D eigenvalue weighted by molar-refractivity contribution is 7.20. The number of nitrogens with zero attached hydrogens (tertiary/aromatic N) is 3. The zero-order valence-corrected chi connectivity index (χ0v) is 16.0. The van der Waals surface area contributed by atoms with Gasteiger partial charge in [0.15, 0.2) is 0 Å². The monoisotopic (exact) mass is 376 g/mol. The average molecular weight is 376 g/mol. The highest BCUT2D eigenvalue weighted by atomic mass is 32.1. The second-order valence-corrected chi connectivity index (χ2v) is 7.70. The van der Waals surface area contributed by atoms with E-state index in [1.54, 1.807) is 14.0 Å². The van der Waals surface area contributed by atoms with E-state index in [2.05, 4.69) is 10.3 Å². The van der Waals surface area contributed by atoms with E-state index >= 15 is 0 Å². The number of hydrogen-bond acceptors (Lipinski definition) is 5. The Bertz CT molecular complexity index is 886. The van der Waals surface area contributed by atoms with E-state index < -0.39 is 0 Å². The van der Waals surface area contributed by atoms with Gasteiger partial charge in [-0.25, -0.2) is 4.98 Å². The molecule has 2 amide bonds. The summed E-state index contributed by atoms with van der Waals surface area (Å²) < 4.78 is 1.42. The average Bonchev–Trinajstić information content (AvgIpc) is 2.82. The molecule has 1 N–H and O–H groups in total. The van der Waals surface area contributed by atoms with Gasteiger partial charge in [0.25, 0.3) is 11.5 Å². The SMILES string of the molecule is Cc1c(C(=O)NCCCN2CCCCCC2=O)sc2ncn(C)c(=O)c12. The highest BCUT2D eigenvalue weighted by Crippen LogP contribution is 2.26.